The highest BCUT2D eigenvalue weighted by Crippen LogP contribution is 2.24. The van der Waals surface area contributed by atoms with E-state index < -0.39 is 85.7 Å². The molecule has 0 radical (unpaired) electrons. The van der Waals surface area contributed by atoms with Gasteiger partial charge in [0.2, 0.25) is 11.8 Å². The number of nitrogens with zero attached hydrogens (tertiary/aromatic N) is 1. The second-order valence-electron chi connectivity index (χ2n) is 14.3. The number of hydrogen-bond acceptors (Lipinski definition) is 16. The van der Waals surface area contributed by atoms with E-state index in [2.05, 4.69) is 32.7 Å². The van der Waals surface area contributed by atoms with Gasteiger partial charge in [0.05, 0.1) is 13.2 Å². The van der Waals surface area contributed by atoms with Crippen molar-refractivity contribution in [1.82, 2.24) is 31.5 Å². The van der Waals surface area contributed by atoms with Gasteiger partial charge in [-0.05, 0) is 58.8 Å². The Balaban J connectivity index is 1.49. The molecule has 15 N–H and O–H groups in total. The fraction of sp³-hybridized carbons (Fsp3) is 0.525. The predicted octanol–water partition coefficient (Wildman–Crippen LogP) is -5.47. The zero-order valence-corrected chi connectivity index (χ0v) is 33.5. The van der Waals surface area contributed by atoms with Crippen LogP contribution in [0.25, 0.3) is 21.5 Å². The van der Waals surface area contributed by atoms with Gasteiger partial charge in [-0.3, -0.25) is 24.0 Å². The van der Waals surface area contributed by atoms with Gasteiger partial charge in [0.25, 0.3) is 17.7 Å². The molecule has 0 fully saturated rings. The van der Waals surface area contributed by atoms with Crippen LogP contribution in [0.2, 0.25) is 0 Å². The number of amides is 5. The molecule has 0 aliphatic heterocycles. The molecule has 0 aliphatic carbocycles. The number of rotatable bonds is 27. The zero-order chi connectivity index (χ0) is 45.1. The third-order valence-electron chi connectivity index (χ3n) is 9.75. The number of benzene rings is 3. The van der Waals surface area contributed by atoms with E-state index in [1.165, 1.54) is 0 Å². The normalized spacial score (nSPS) is 15.5. The maximum atomic E-state index is 13.0. The van der Waals surface area contributed by atoms with Crippen molar-refractivity contribution >= 4 is 51.1 Å². The number of fused-ring (bicyclic) bond motifs is 2. The Morgan fingerprint density at radius 2 is 0.934 bits per heavy atom. The number of carbonyl (C=O) groups is 5. The van der Waals surface area contributed by atoms with E-state index in [1.807, 2.05) is 47.4 Å². The molecule has 0 heterocycles. The summed E-state index contributed by atoms with van der Waals surface area (Å²) in [5, 5.41) is 112. The van der Waals surface area contributed by atoms with Crippen LogP contribution in [0.15, 0.2) is 54.6 Å². The van der Waals surface area contributed by atoms with Crippen molar-refractivity contribution in [3.05, 3.63) is 60.2 Å². The fourth-order valence-corrected chi connectivity index (χ4v) is 6.06. The van der Waals surface area contributed by atoms with E-state index in [-0.39, 0.29) is 64.6 Å². The van der Waals surface area contributed by atoms with Crippen molar-refractivity contribution in [2.24, 2.45) is 0 Å². The summed E-state index contributed by atoms with van der Waals surface area (Å²) in [7, 11) is 0. The number of aliphatic hydroxyl groups excluding tert-OH is 10. The number of nitrogens with one attached hydrogen (secondary N) is 5. The Bertz CT molecular complexity index is 1820. The van der Waals surface area contributed by atoms with Crippen molar-refractivity contribution in [2.75, 3.05) is 65.6 Å². The van der Waals surface area contributed by atoms with E-state index in [4.69, 9.17) is 10.2 Å². The molecule has 3 rings (SSSR count). The molecular weight excluding hydrogens is 804 g/mol. The lowest BCUT2D eigenvalue weighted by Crippen LogP contribution is -2.52. The fourth-order valence-electron chi connectivity index (χ4n) is 6.06. The summed E-state index contributed by atoms with van der Waals surface area (Å²) >= 11 is 0. The molecule has 8 atom stereocenters. The highest BCUT2D eigenvalue weighted by Gasteiger charge is 2.35. The summed E-state index contributed by atoms with van der Waals surface area (Å²) in [5.74, 6) is -3.31. The smallest absolute Gasteiger partial charge is 0.251 e. The molecule has 0 bridgehead atoms. The van der Waals surface area contributed by atoms with Crippen molar-refractivity contribution in [2.45, 2.75) is 68.1 Å². The van der Waals surface area contributed by atoms with E-state index >= 15 is 0 Å². The van der Waals surface area contributed by atoms with Crippen LogP contribution in [0, 0.1) is 0 Å². The van der Waals surface area contributed by atoms with Crippen LogP contribution in [-0.4, -0.2) is 200 Å². The van der Waals surface area contributed by atoms with Gasteiger partial charge in [0.1, 0.15) is 36.6 Å². The molecule has 0 aliphatic rings. The average molecular weight is 863 g/mol. The number of aliphatic hydroxyl groups is 10. The average Bonchev–Trinajstić information content (AvgIpc) is 3.27. The first-order valence-corrected chi connectivity index (χ1v) is 19.8. The topological polar surface area (TPSA) is 351 Å². The first kappa shape index (κ1) is 50.4. The van der Waals surface area contributed by atoms with Crippen LogP contribution < -0.4 is 26.6 Å². The Hall–Kier alpha value is -4.91. The lowest BCUT2D eigenvalue weighted by molar-refractivity contribution is -0.149. The van der Waals surface area contributed by atoms with Gasteiger partial charge in [-0.25, -0.2) is 0 Å². The van der Waals surface area contributed by atoms with Gasteiger partial charge in [-0.1, -0.05) is 30.3 Å². The quantitative estimate of drug-likeness (QED) is 0.0251. The SMILES string of the molecule is O=C(CCN(CCCNC(=O)c1ccc2cc3ccccc3cc2c1)CCC(=O)NCCNC(=O)[C@H](O)[C@@H](O)[C@H](O)[C@H](O)CO)NCCNC(=O)[C@H](O)[C@@H](O)[C@H](O)[C@H](O)CO. The minimum absolute atomic E-state index is 0.0372. The second kappa shape index (κ2) is 25.8. The highest BCUT2D eigenvalue weighted by atomic mass is 16.4. The lowest BCUT2D eigenvalue weighted by atomic mass is 10.0. The van der Waals surface area contributed by atoms with Crippen LogP contribution in [0.3, 0.4) is 0 Å². The third-order valence-corrected chi connectivity index (χ3v) is 9.75. The van der Waals surface area contributed by atoms with Crippen LogP contribution in [0.1, 0.15) is 29.6 Å². The van der Waals surface area contributed by atoms with Crippen LogP contribution >= 0.6 is 0 Å². The van der Waals surface area contributed by atoms with E-state index in [9.17, 15) is 64.8 Å². The molecular formula is C40H58N6O15. The number of hydrogen-bond donors (Lipinski definition) is 15. The van der Waals surface area contributed by atoms with Gasteiger partial charge < -0.3 is 82.5 Å². The van der Waals surface area contributed by atoms with E-state index in [0.717, 1.165) is 21.5 Å². The first-order chi connectivity index (χ1) is 29.1. The van der Waals surface area contributed by atoms with Gasteiger partial charge in [0.15, 0.2) is 12.2 Å². The van der Waals surface area contributed by atoms with Crippen LogP contribution in [0.5, 0.6) is 0 Å². The Labute approximate surface area is 351 Å². The summed E-state index contributed by atoms with van der Waals surface area (Å²) in [5.41, 5.74) is 0.480. The summed E-state index contributed by atoms with van der Waals surface area (Å²) in [6.07, 6.45) is -15.6. The molecule has 3 aromatic rings. The van der Waals surface area contributed by atoms with Gasteiger partial charge in [0, 0.05) is 64.2 Å². The highest BCUT2D eigenvalue weighted by molar-refractivity contribution is 6.03. The van der Waals surface area contributed by atoms with E-state index in [0.29, 0.717) is 18.5 Å². The van der Waals surface area contributed by atoms with Crippen LogP contribution in [-0.2, 0) is 19.2 Å². The molecule has 0 unspecified atom stereocenters. The van der Waals surface area contributed by atoms with Crippen molar-refractivity contribution in [1.29, 1.82) is 0 Å². The van der Waals surface area contributed by atoms with Crippen molar-refractivity contribution < 1.29 is 75.0 Å². The van der Waals surface area contributed by atoms with Gasteiger partial charge >= 0.3 is 0 Å². The Morgan fingerprint density at radius 3 is 1.41 bits per heavy atom. The molecule has 61 heavy (non-hydrogen) atoms. The van der Waals surface area contributed by atoms with Gasteiger partial charge in [-0.2, -0.15) is 0 Å². The maximum Gasteiger partial charge on any atom is 0.251 e. The zero-order valence-electron chi connectivity index (χ0n) is 33.5. The summed E-state index contributed by atoms with van der Waals surface area (Å²) in [4.78, 5) is 64.4. The standard InChI is InChI=1S/C40H58N6O15/c47-21-28(49)32(53)34(55)36(57)39(60)44-13-11-41-30(51)8-16-46(17-9-31(52)42-12-14-45-40(61)37(58)35(56)33(54)29(50)22-48)15-3-10-43-38(59)26-7-6-25-18-23-4-1-2-5-24(23)19-27(25)20-26/h1-2,4-7,18-20,28-29,32-37,47-50,53-58H,3,8-17,21-22H2,(H,41,51)(H,42,52)(H,43,59)(H,44,60)(H,45,61)/t28-,29-,32-,33-,34+,35+,36-,37-/m1/s1. The Kier molecular flexibility index (Phi) is 21.3. The maximum absolute atomic E-state index is 13.0. The molecule has 0 saturated heterocycles. The van der Waals surface area contributed by atoms with Crippen molar-refractivity contribution in [3.8, 4) is 0 Å². The molecule has 21 heteroatoms. The second-order valence-corrected chi connectivity index (χ2v) is 14.3. The van der Waals surface area contributed by atoms with Crippen molar-refractivity contribution in [3.63, 3.8) is 0 Å². The van der Waals surface area contributed by atoms with E-state index in [1.54, 1.807) is 6.07 Å². The van der Waals surface area contributed by atoms with Gasteiger partial charge in [-0.15, -0.1) is 0 Å². The molecule has 0 aromatic heterocycles. The molecule has 3 aromatic carbocycles. The largest absolute Gasteiger partial charge is 0.394 e. The minimum atomic E-state index is -2.13. The monoisotopic (exact) mass is 862 g/mol. The lowest BCUT2D eigenvalue weighted by Gasteiger charge is -2.25. The summed E-state index contributed by atoms with van der Waals surface area (Å²) in [6.45, 7) is -1.32. The summed E-state index contributed by atoms with van der Waals surface area (Å²) in [6, 6.07) is 17.4. The molecule has 5 amide bonds. The predicted molar refractivity (Wildman–Crippen MR) is 218 cm³/mol. The summed E-state index contributed by atoms with van der Waals surface area (Å²) < 4.78 is 0. The minimum Gasteiger partial charge on any atom is -0.394 e. The molecule has 0 spiro atoms. The molecule has 21 nitrogen and oxygen atoms in total. The third kappa shape index (κ3) is 16.1. The Morgan fingerprint density at radius 1 is 0.492 bits per heavy atom. The molecule has 338 valence electrons. The molecule has 0 saturated carbocycles. The number of carbonyl (C=O) groups excluding carboxylic acids is 5. The first-order valence-electron chi connectivity index (χ1n) is 19.8. The van der Waals surface area contributed by atoms with Crippen LogP contribution in [0.4, 0.5) is 0 Å².